The second kappa shape index (κ2) is 7.68. The molecule has 1 aliphatic rings. The minimum absolute atomic E-state index is 0.0379. The molecule has 0 bridgehead atoms. The van der Waals surface area contributed by atoms with Crippen LogP contribution in [0, 0.1) is 6.92 Å². The number of hydrogen-bond donors (Lipinski definition) is 0. The Morgan fingerprint density at radius 2 is 1.88 bits per heavy atom. The van der Waals surface area contributed by atoms with E-state index in [2.05, 4.69) is 19.1 Å². The predicted octanol–water partition coefficient (Wildman–Crippen LogP) is 3.46. The zero-order valence-corrected chi connectivity index (χ0v) is 15.6. The maximum Gasteiger partial charge on any atom is 0.218 e. The SMILES string of the molecule is CCc1ccc(C2CN(S(=O)(=O)Cc3cccc(C)c3)CCO2)cc1. The fraction of sp³-hybridized carbons (Fsp3) is 0.400. The number of ether oxygens (including phenoxy) is 1. The molecule has 134 valence electrons. The molecule has 3 rings (SSSR count). The Bertz CT molecular complexity index is 815. The van der Waals surface area contributed by atoms with Crippen molar-refractivity contribution in [3.8, 4) is 0 Å². The zero-order chi connectivity index (χ0) is 17.9. The molecule has 0 radical (unpaired) electrons. The lowest BCUT2D eigenvalue weighted by Crippen LogP contribution is -2.42. The molecule has 1 heterocycles. The van der Waals surface area contributed by atoms with E-state index in [1.807, 2.05) is 43.3 Å². The van der Waals surface area contributed by atoms with Crippen LogP contribution in [0.3, 0.4) is 0 Å². The van der Waals surface area contributed by atoms with Crippen LogP contribution in [0.5, 0.6) is 0 Å². The summed E-state index contributed by atoms with van der Waals surface area (Å²) in [4.78, 5) is 0. The number of sulfonamides is 1. The maximum atomic E-state index is 12.8. The monoisotopic (exact) mass is 359 g/mol. The smallest absolute Gasteiger partial charge is 0.218 e. The van der Waals surface area contributed by atoms with Crippen molar-refractivity contribution < 1.29 is 13.2 Å². The number of rotatable bonds is 5. The van der Waals surface area contributed by atoms with Gasteiger partial charge in [-0.25, -0.2) is 8.42 Å². The van der Waals surface area contributed by atoms with Crippen molar-refractivity contribution in [2.45, 2.75) is 32.1 Å². The second-order valence-corrected chi connectivity index (χ2v) is 8.53. The fourth-order valence-electron chi connectivity index (χ4n) is 3.15. The quantitative estimate of drug-likeness (QED) is 0.821. The summed E-state index contributed by atoms with van der Waals surface area (Å²) in [6, 6.07) is 15.9. The van der Waals surface area contributed by atoms with Gasteiger partial charge in [0.15, 0.2) is 0 Å². The second-order valence-electron chi connectivity index (χ2n) is 6.56. The summed E-state index contributed by atoms with van der Waals surface area (Å²) in [5, 5.41) is 0. The summed E-state index contributed by atoms with van der Waals surface area (Å²) in [6.45, 7) is 5.30. The predicted molar refractivity (Wildman–Crippen MR) is 99.9 cm³/mol. The average molecular weight is 359 g/mol. The van der Waals surface area contributed by atoms with Crippen LogP contribution in [-0.2, 0) is 26.9 Å². The van der Waals surface area contributed by atoms with Crippen LogP contribution in [0.4, 0.5) is 0 Å². The summed E-state index contributed by atoms with van der Waals surface area (Å²) in [5.41, 5.74) is 4.20. The van der Waals surface area contributed by atoms with Gasteiger partial charge in [-0.3, -0.25) is 0 Å². The third-order valence-corrected chi connectivity index (χ3v) is 6.43. The molecule has 0 N–H and O–H groups in total. The van der Waals surface area contributed by atoms with Crippen LogP contribution in [-0.4, -0.2) is 32.4 Å². The minimum atomic E-state index is -3.35. The van der Waals surface area contributed by atoms with Gasteiger partial charge in [0.2, 0.25) is 10.0 Å². The first kappa shape index (κ1) is 18.1. The standard InChI is InChI=1S/C20H25NO3S/c1-3-17-7-9-19(10-8-17)20-14-21(11-12-24-20)25(22,23)15-18-6-4-5-16(2)13-18/h4-10,13,20H,3,11-12,14-15H2,1-2H3. The molecule has 0 spiro atoms. The van der Waals surface area contributed by atoms with Crippen molar-refractivity contribution in [2.24, 2.45) is 0 Å². The van der Waals surface area contributed by atoms with Crippen LogP contribution in [0.25, 0.3) is 0 Å². The molecule has 2 aromatic carbocycles. The Morgan fingerprint density at radius 3 is 2.56 bits per heavy atom. The largest absolute Gasteiger partial charge is 0.371 e. The molecule has 25 heavy (non-hydrogen) atoms. The normalized spacial score (nSPS) is 19.0. The Balaban J connectivity index is 1.73. The van der Waals surface area contributed by atoms with Crippen molar-refractivity contribution in [1.29, 1.82) is 0 Å². The first-order chi connectivity index (χ1) is 12.0. The van der Waals surface area contributed by atoms with E-state index in [4.69, 9.17) is 4.74 Å². The molecule has 4 nitrogen and oxygen atoms in total. The van der Waals surface area contributed by atoms with E-state index in [1.54, 1.807) is 4.31 Å². The van der Waals surface area contributed by atoms with Crippen molar-refractivity contribution >= 4 is 10.0 Å². The minimum Gasteiger partial charge on any atom is -0.371 e. The number of aryl methyl sites for hydroxylation is 2. The maximum absolute atomic E-state index is 12.8. The Hall–Kier alpha value is -1.69. The summed E-state index contributed by atoms with van der Waals surface area (Å²) in [5.74, 6) is 0.0379. The third-order valence-electron chi connectivity index (χ3n) is 4.61. The van der Waals surface area contributed by atoms with Gasteiger partial charge in [0.25, 0.3) is 0 Å². The van der Waals surface area contributed by atoms with Crippen LogP contribution in [0.15, 0.2) is 48.5 Å². The highest BCUT2D eigenvalue weighted by atomic mass is 32.2. The zero-order valence-electron chi connectivity index (χ0n) is 14.8. The Morgan fingerprint density at radius 1 is 1.12 bits per heavy atom. The van der Waals surface area contributed by atoms with Crippen LogP contribution in [0.1, 0.15) is 35.3 Å². The van der Waals surface area contributed by atoms with Gasteiger partial charge in [-0.2, -0.15) is 4.31 Å². The van der Waals surface area contributed by atoms with E-state index >= 15 is 0 Å². The van der Waals surface area contributed by atoms with Crippen molar-refractivity contribution in [2.75, 3.05) is 19.7 Å². The molecule has 1 atom stereocenters. The lowest BCUT2D eigenvalue weighted by molar-refractivity contribution is -0.00260. The molecule has 2 aromatic rings. The van der Waals surface area contributed by atoms with Gasteiger partial charge in [-0.15, -0.1) is 0 Å². The molecule has 5 heteroatoms. The van der Waals surface area contributed by atoms with Crippen molar-refractivity contribution in [3.63, 3.8) is 0 Å². The van der Waals surface area contributed by atoms with Crippen LogP contribution in [0.2, 0.25) is 0 Å². The van der Waals surface area contributed by atoms with E-state index in [-0.39, 0.29) is 11.9 Å². The van der Waals surface area contributed by atoms with Gasteiger partial charge in [0.1, 0.15) is 0 Å². The first-order valence-corrected chi connectivity index (χ1v) is 10.3. The van der Waals surface area contributed by atoms with Gasteiger partial charge >= 0.3 is 0 Å². The molecular weight excluding hydrogens is 334 g/mol. The van der Waals surface area contributed by atoms with Crippen molar-refractivity contribution in [1.82, 2.24) is 4.31 Å². The molecule has 1 fully saturated rings. The number of benzene rings is 2. The first-order valence-electron chi connectivity index (χ1n) is 8.72. The summed E-state index contributed by atoms with van der Waals surface area (Å²) >= 11 is 0. The summed E-state index contributed by atoms with van der Waals surface area (Å²) in [7, 11) is -3.35. The molecule has 0 amide bonds. The highest BCUT2D eigenvalue weighted by Gasteiger charge is 2.30. The molecular formula is C20H25NO3S. The number of morpholine rings is 1. The summed E-state index contributed by atoms with van der Waals surface area (Å²) < 4.78 is 33.0. The lowest BCUT2D eigenvalue weighted by Gasteiger charge is -2.32. The van der Waals surface area contributed by atoms with Gasteiger partial charge in [0, 0.05) is 13.1 Å². The number of nitrogens with zero attached hydrogens (tertiary/aromatic N) is 1. The van der Waals surface area contributed by atoms with E-state index in [1.165, 1.54) is 5.56 Å². The molecule has 0 aliphatic carbocycles. The molecule has 0 aromatic heterocycles. The lowest BCUT2D eigenvalue weighted by atomic mass is 10.1. The van der Waals surface area contributed by atoms with E-state index in [0.29, 0.717) is 19.7 Å². The van der Waals surface area contributed by atoms with Gasteiger partial charge < -0.3 is 4.74 Å². The van der Waals surface area contributed by atoms with Gasteiger partial charge in [-0.05, 0) is 30.0 Å². The van der Waals surface area contributed by atoms with E-state index in [9.17, 15) is 8.42 Å². The molecule has 1 aliphatic heterocycles. The average Bonchev–Trinajstić information content (AvgIpc) is 2.61. The topological polar surface area (TPSA) is 46.6 Å². The third kappa shape index (κ3) is 4.48. The number of hydrogen-bond acceptors (Lipinski definition) is 3. The highest BCUT2D eigenvalue weighted by molar-refractivity contribution is 7.88. The molecule has 1 saturated heterocycles. The van der Waals surface area contributed by atoms with Crippen LogP contribution >= 0.6 is 0 Å². The van der Waals surface area contributed by atoms with Crippen molar-refractivity contribution in [3.05, 3.63) is 70.8 Å². The fourth-order valence-corrected chi connectivity index (χ4v) is 4.65. The molecule has 0 saturated carbocycles. The van der Waals surface area contributed by atoms with Crippen LogP contribution < -0.4 is 0 Å². The van der Waals surface area contributed by atoms with Gasteiger partial charge in [0.05, 0.1) is 18.5 Å². The van der Waals surface area contributed by atoms with E-state index < -0.39 is 10.0 Å². The van der Waals surface area contributed by atoms with E-state index in [0.717, 1.165) is 23.1 Å². The highest BCUT2D eigenvalue weighted by Crippen LogP contribution is 2.25. The van der Waals surface area contributed by atoms with Gasteiger partial charge in [-0.1, -0.05) is 61.0 Å². The summed E-state index contributed by atoms with van der Waals surface area (Å²) in [6.07, 6.45) is 0.787. The Labute approximate surface area is 150 Å². The molecule has 1 unspecified atom stereocenters. The Kier molecular flexibility index (Phi) is 5.57.